The molecule has 3 rings (SSSR count). The quantitative estimate of drug-likeness (QED) is 0.741. The minimum atomic E-state index is 0.711. The lowest BCUT2D eigenvalue weighted by atomic mass is 10.1. The van der Waals surface area contributed by atoms with Gasteiger partial charge in [0.25, 0.3) is 0 Å². The maximum absolute atomic E-state index is 5.78. The van der Waals surface area contributed by atoms with Gasteiger partial charge in [-0.15, -0.1) is 16.9 Å². The van der Waals surface area contributed by atoms with Crippen LogP contribution in [0.2, 0.25) is 0 Å². The van der Waals surface area contributed by atoms with Crippen LogP contribution in [0.15, 0.2) is 47.4 Å². The number of aromatic nitrogens is 2. The molecule has 0 saturated heterocycles. The van der Waals surface area contributed by atoms with E-state index in [2.05, 4.69) is 52.1 Å². The first kappa shape index (κ1) is 11.5. The molecule has 3 aromatic rings. The van der Waals surface area contributed by atoms with Crippen molar-refractivity contribution in [1.82, 2.24) is 9.59 Å². The van der Waals surface area contributed by atoms with E-state index in [1.807, 2.05) is 0 Å². The first-order valence-corrected chi connectivity index (χ1v) is 7.27. The summed E-state index contributed by atoms with van der Waals surface area (Å²) in [5.41, 5.74) is 6.65. The van der Waals surface area contributed by atoms with Crippen LogP contribution in [0.3, 0.4) is 0 Å². The Bertz CT molecular complexity index is 679. The standard InChI is InChI=1S/C13H11N3S2/c14-13-12(15-16-18-13)8-17-11-6-5-9-3-1-2-4-10(9)7-11/h1-7H,8,14H2. The molecule has 0 bridgehead atoms. The van der Waals surface area contributed by atoms with Gasteiger partial charge in [0.1, 0.15) is 10.7 Å². The lowest BCUT2D eigenvalue weighted by Gasteiger charge is -2.02. The van der Waals surface area contributed by atoms with Gasteiger partial charge in [-0.3, -0.25) is 0 Å². The number of nitrogens with zero attached hydrogens (tertiary/aromatic N) is 2. The summed E-state index contributed by atoms with van der Waals surface area (Å²) < 4.78 is 3.84. The van der Waals surface area contributed by atoms with Crippen LogP contribution in [0, 0.1) is 0 Å². The number of anilines is 1. The second-order valence-corrected chi connectivity index (χ2v) is 5.72. The topological polar surface area (TPSA) is 51.8 Å². The second kappa shape index (κ2) is 4.96. The molecule has 2 aromatic carbocycles. The first-order chi connectivity index (χ1) is 8.83. The highest BCUT2D eigenvalue weighted by molar-refractivity contribution is 7.98. The van der Waals surface area contributed by atoms with Gasteiger partial charge in [-0.1, -0.05) is 34.8 Å². The highest BCUT2D eigenvalue weighted by Crippen LogP contribution is 2.28. The molecular formula is C13H11N3S2. The van der Waals surface area contributed by atoms with Crippen molar-refractivity contribution in [2.24, 2.45) is 0 Å². The average molecular weight is 273 g/mol. The van der Waals surface area contributed by atoms with E-state index in [-0.39, 0.29) is 0 Å². The Balaban J connectivity index is 1.81. The molecule has 1 aromatic heterocycles. The van der Waals surface area contributed by atoms with Gasteiger partial charge < -0.3 is 5.73 Å². The van der Waals surface area contributed by atoms with Crippen LogP contribution in [-0.2, 0) is 5.75 Å². The van der Waals surface area contributed by atoms with Crippen molar-refractivity contribution in [3.8, 4) is 0 Å². The molecule has 5 heteroatoms. The van der Waals surface area contributed by atoms with E-state index in [4.69, 9.17) is 5.73 Å². The Morgan fingerprint density at radius 3 is 2.72 bits per heavy atom. The molecule has 0 amide bonds. The van der Waals surface area contributed by atoms with E-state index in [1.54, 1.807) is 11.8 Å². The van der Waals surface area contributed by atoms with Crippen LogP contribution in [0.25, 0.3) is 10.8 Å². The smallest absolute Gasteiger partial charge is 0.131 e. The molecule has 0 aliphatic heterocycles. The van der Waals surface area contributed by atoms with Gasteiger partial charge in [0, 0.05) is 22.2 Å². The zero-order chi connectivity index (χ0) is 12.4. The number of nitrogen functional groups attached to an aromatic ring is 1. The summed E-state index contributed by atoms with van der Waals surface area (Å²) in [6.45, 7) is 0. The normalized spacial score (nSPS) is 10.9. The molecule has 18 heavy (non-hydrogen) atoms. The van der Waals surface area contributed by atoms with Crippen molar-refractivity contribution in [2.75, 3.05) is 5.73 Å². The first-order valence-electron chi connectivity index (χ1n) is 5.51. The van der Waals surface area contributed by atoms with Gasteiger partial charge in [-0.2, -0.15) is 0 Å². The molecule has 0 saturated carbocycles. The van der Waals surface area contributed by atoms with Crippen molar-refractivity contribution in [3.63, 3.8) is 0 Å². The van der Waals surface area contributed by atoms with Crippen molar-refractivity contribution in [3.05, 3.63) is 48.2 Å². The average Bonchev–Trinajstić information content (AvgIpc) is 2.82. The minimum Gasteiger partial charge on any atom is -0.388 e. The van der Waals surface area contributed by atoms with E-state index >= 15 is 0 Å². The molecule has 0 aliphatic carbocycles. The van der Waals surface area contributed by atoms with Crippen molar-refractivity contribution < 1.29 is 0 Å². The minimum absolute atomic E-state index is 0.711. The van der Waals surface area contributed by atoms with Crippen LogP contribution in [-0.4, -0.2) is 9.59 Å². The highest BCUT2D eigenvalue weighted by atomic mass is 32.2. The van der Waals surface area contributed by atoms with Gasteiger partial charge in [-0.05, 0) is 22.9 Å². The fourth-order valence-corrected chi connectivity index (χ4v) is 3.15. The molecule has 0 atom stereocenters. The monoisotopic (exact) mass is 273 g/mol. The van der Waals surface area contributed by atoms with Crippen molar-refractivity contribution >= 4 is 39.1 Å². The summed E-state index contributed by atoms with van der Waals surface area (Å²) in [5.74, 6) is 0.765. The maximum Gasteiger partial charge on any atom is 0.131 e. The molecule has 0 radical (unpaired) electrons. The SMILES string of the molecule is Nc1snnc1CSc1ccc2ccccc2c1. The Labute approximate surface area is 113 Å². The van der Waals surface area contributed by atoms with E-state index in [0.29, 0.717) is 5.00 Å². The third-order valence-electron chi connectivity index (χ3n) is 2.68. The molecule has 2 N–H and O–H groups in total. The number of thioether (sulfide) groups is 1. The van der Waals surface area contributed by atoms with E-state index in [1.165, 1.54) is 27.2 Å². The predicted octanol–water partition coefficient (Wildman–Crippen LogP) is 3.57. The summed E-state index contributed by atoms with van der Waals surface area (Å²) in [7, 11) is 0. The van der Waals surface area contributed by atoms with E-state index in [0.717, 1.165) is 11.4 Å². The Morgan fingerprint density at radius 1 is 1.11 bits per heavy atom. The summed E-state index contributed by atoms with van der Waals surface area (Å²) in [6, 6.07) is 14.8. The summed E-state index contributed by atoms with van der Waals surface area (Å²) >= 11 is 2.98. The second-order valence-electron chi connectivity index (χ2n) is 3.88. The third-order valence-corrected chi connectivity index (χ3v) is 4.28. The Morgan fingerprint density at radius 2 is 1.94 bits per heavy atom. The Hall–Kier alpha value is -1.59. The zero-order valence-corrected chi connectivity index (χ0v) is 11.2. The van der Waals surface area contributed by atoms with Crippen LogP contribution < -0.4 is 5.73 Å². The number of hydrogen-bond donors (Lipinski definition) is 1. The van der Waals surface area contributed by atoms with E-state index < -0.39 is 0 Å². The number of rotatable bonds is 3. The summed E-state index contributed by atoms with van der Waals surface area (Å²) in [4.78, 5) is 1.22. The lowest BCUT2D eigenvalue weighted by Crippen LogP contribution is -1.88. The number of benzene rings is 2. The number of fused-ring (bicyclic) bond motifs is 1. The molecule has 0 spiro atoms. The lowest BCUT2D eigenvalue weighted by molar-refractivity contribution is 1.08. The van der Waals surface area contributed by atoms with Crippen molar-refractivity contribution in [1.29, 1.82) is 0 Å². The predicted molar refractivity (Wildman–Crippen MR) is 77.8 cm³/mol. The Kier molecular flexibility index (Phi) is 3.17. The number of hydrogen-bond acceptors (Lipinski definition) is 5. The molecule has 0 unspecified atom stereocenters. The largest absolute Gasteiger partial charge is 0.388 e. The maximum atomic E-state index is 5.78. The van der Waals surface area contributed by atoms with Gasteiger partial charge in [0.2, 0.25) is 0 Å². The third kappa shape index (κ3) is 2.32. The fourth-order valence-electron chi connectivity index (χ4n) is 1.72. The van der Waals surface area contributed by atoms with Crippen LogP contribution in [0.4, 0.5) is 5.00 Å². The van der Waals surface area contributed by atoms with Gasteiger partial charge in [0.15, 0.2) is 0 Å². The molecule has 0 aliphatic rings. The van der Waals surface area contributed by atoms with Crippen LogP contribution in [0.1, 0.15) is 5.69 Å². The van der Waals surface area contributed by atoms with Crippen molar-refractivity contribution in [2.45, 2.75) is 10.6 Å². The summed E-state index contributed by atoms with van der Waals surface area (Å²) in [5, 5.41) is 7.24. The zero-order valence-electron chi connectivity index (χ0n) is 9.54. The van der Waals surface area contributed by atoms with Crippen LogP contribution >= 0.6 is 23.3 Å². The van der Waals surface area contributed by atoms with Crippen LogP contribution in [0.5, 0.6) is 0 Å². The molecular weight excluding hydrogens is 262 g/mol. The van der Waals surface area contributed by atoms with E-state index in [9.17, 15) is 0 Å². The molecule has 90 valence electrons. The molecule has 0 fully saturated rings. The highest BCUT2D eigenvalue weighted by Gasteiger charge is 2.05. The summed E-state index contributed by atoms with van der Waals surface area (Å²) in [6.07, 6.45) is 0. The van der Waals surface area contributed by atoms with Gasteiger partial charge in [-0.25, -0.2) is 0 Å². The fraction of sp³-hybridized carbons (Fsp3) is 0.0769. The molecule has 1 heterocycles. The van der Waals surface area contributed by atoms with Gasteiger partial charge >= 0.3 is 0 Å². The van der Waals surface area contributed by atoms with Gasteiger partial charge in [0.05, 0.1) is 0 Å². The number of nitrogens with two attached hydrogens (primary N) is 1. The molecule has 3 nitrogen and oxygen atoms in total.